The van der Waals surface area contributed by atoms with Crippen molar-refractivity contribution in [3.05, 3.63) is 45.2 Å². The Kier molecular flexibility index (Phi) is 5.64. The average Bonchev–Trinajstić information content (AvgIpc) is 2.74. The Morgan fingerprint density at radius 2 is 1.90 bits per heavy atom. The molecule has 3 heterocycles. The molecule has 31 heavy (non-hydrogen) atoms. The number of carbonyl (C=O) groups is 3. The molecular formula is C20H21ClN6O4. The van der Waals surface area contributed by atoms with E-state index in [0.29, 0.717) is 36.6 Å². The molecule has 10 nitrogen and oxygen atoms in total. The number of piperidine rings is 1. The highest BCUT2D eigenvalue weighted by atomic mass is 35.5. The van der Waals surface area contributed by atoms with Crippen LogP contribution in [0.2, 0.25) is 5.02 Å². The highest BCUT2D eigenvalue weighted by molar-refractivity contribution is 6.33. The third-order valence-corrected chi connectivity index (χ3v) is 5.91. The zero-order chi connectivity index (χ0) is 22.1. The Hall–Kier alpha value is -3.40. The van der Waals surface area contributed by atoms with Crippen LogP contribution in [-0.2, 0) is 14.4 Å². The number of hydrogen-bond donors (Lipinski definition) is 4. The molecule has 1 aromatic heterocycles. The Bertz CT molecular complexity index is 1110. The lowest BCUT2D eigenvalue weighted by Crippen LogP contribution is -2.41. The molecule has 1 fully saturated rings. The van der Waals surface area contributed by atoms with Crippen molar-refractivity contribution in [2.75, 3.05) is 28.6 Å². The number of rotatable bonds is 4. The van der Waals surface area contributed by atoms with Gasteiger partial charge in [0.15, 0.2) is 0 Å². The predicted octanol–water partition coefficient (Wildman–Crippen LogP) is 1.19. The number of fused-ring (bicyclic) bond motifs is 1. The molecule has 2 aliphatic rings. The van der Waals surface area contributed by atoms with Crippen molar-refractivity contribution < 1.29 is 14.4 Å². The number of aromatic amines is 1. The molecule has 5 N–H and O–H groups in total. The molecule has 0 unspecified atom stereocenters. The van der Waals surface area contributed by atoms with Gasteiger partial charge in [-0.05, 0) is 25.0 Å². The minimum Gasteiger partial charge on any atom is -0.369 e. The fourth-order valence-corrected chi connectivity index (χ4v) is 4.07. The van der Waals surface area contributed by atoms with Crippen LogP contribution in [0.3, 0.4) is 0 Å². The molecule has 3 amide bonds. The Morgan fingerprint density at radius 1 is 1.19 bits per heavy atom. The van der Waals surface area contributed by atoms with E-state index in [-0.39, 0.29) is 35.6 Å². The van der Waals surface area contributed by atoms with E-state index in [9.17, 15) is 19.2 Å². The Morgan fingerprint density at radius 3 is 2.58 bits per heavy atom. The highest BCUT2D eigenvalue weighted by Crippen LogP contribution is 2.32. The molecule has 0 spiro atoms. The van der Waals surface area contributed by atoms with Crippen LogP contribution in [0.4, 0.5) is 17.5 Å². The van der Waals surface area contributed by atoms with Gasteiger partial charge in [-0.1, -0.05) is 23.7 Å². The van der Waals surface area contributed by atoms with Gasteiger partial charge in [0.05, 0.1) is 22.2 Å². The van der Waals surface area contributed by atoms with E-state index in [1.807, 2.05) is 4.90 Å². The number of amides is 3. The maximum absolute atomic E-state index is 12.9. The SMILES string of the molecule is NC(=O)C1CCN(c2nc3c(c(=O)[nH]2)[C@H](C(=O)Nc2ccccc2Cl)CC(=O)N3)CC1. The molecule has 0 radical (unpaired) electrons. The minimum atomic E-state index is -1.01. The van der Waals surface area contributed by atoms with Crippen molar-refractivity contribution in [1.29, 1.82) is 0 Å². The molecule has 162 valence electrons. The molecule has 1 aromatic carbocycles. The summed E-state index contributed by atoms with van der Waals surface area (Å²) in [7, 11) is 0. The van der Waals surface area contributed by atoms with E-state index in [1.54, 1.807) is 24.3 Å². The number of aromatic nitrogens is 2. The number of anilines is 3. The smallest absolute Gasteiger partial charge is 0.258 e. The fourth-order valence-electron chi connectivity index (χ4n) is 3.89. The van der Waals surface area contributed by atoms with Crippen LogP contribution in [0.25, 0.3) is 0 Å². The molecule has 2 aliphatic heterocycles. The van der Waals surface area contributed by atoms with Crippen molar-refractivity contribution in [3.8, 4) is 0 Å². The number of carbonyl (C=O) groups excluding carboxylic acids is 3. The first kappa shape index (κ1) is 20.9. The summed E-state index contributed by atoms with van der Waals surface area (Å²) < 4.78 is 0. The van der Waals surface area contributed by atoms with Gasteiger partial charge in [0.25, 0.3) is 5.56 Å². The topological polar surface area (TPSA) is 150 Å². The summed E-state index contributed by atoms with van der Waals surface area (Å²) in [6.45, 7) is 0.972. The van der Waals surface area contributed by atoms with Gasteiger partial charge in [0.2, 0.25) is 23.7 Å². The number of H-pyrrole nitrogens is 1. The quantitative estimate of drug-likeness (QED) is 0.556. The second-order valence-electron chi connectivity index (χ2n) is 7.59. The first-order valence-corrected chi connectivity index (χ1v) is 10.2. The minimum absolute atomic E-state index is 0.0614. The lowest BCUT2D eigenvalue weighted by Gasteiger charge is -2.32. The summed E-state index contributed by atoms with van der Waals surface area (Å²) in [6, 6.07) is 6.70. The molecule has 1 atom stereocenters. The van der Waals surface area contributed by atoms with Gasteiger partial charge < -0.3 is 21.3 Å². The first-order chi connectivity index (χ1) is 14.8. The van der Waals surface area contributed by atoms with Crippen molar-refractivity contribution >= 4 is 46.8 Å². The van der Waals surface area contributed by atoms with Crippen LogP contribution in [-0.4, -0.2) is 40.8 Å². The van der Waals surface area contributed by atoms with Gasteiger partial charge in [0, 0.05) is 25.4 Å². The monoisotopic (exact) mass is 444 g/mol. The maximum atomic E-state index is 12.9. The van der Waals surface area contributed by atoms with Gasteiger partial charge in [-0.15, -0.1) is 0 Å². The van der Waals surface area contributed by atoms with Crippen LogP contribution >= 0.6 is 11.6 Å². The number of nitrogens with two attached hydrogens (primary N) is 1. The number of halogens is 1. The summed E-state index contributed by atoms with van der Waals surface area (Å²) in [5.74, 6) is -2.16. The van der Waals surface area contributed by atoms with Crippen LogP contribution in [0, 0.1) is 5.92 Å². The summed E-state index contributed by atoms with van der Waals surface area (Å²) >= 11 is 6.10. The van der Waals surface area contributed by atoms with E-state index in [2.05, 4.69) is 20.6 Å². The van der Waals surface area contributed by atoms with Gasteiger partial charge in [-0.3, -0.25) is 24.2 Å². The number of primary amides is 1. The maximum Gasteiger partial charge on any atom is 0.258 e. The molecule has 1 saturated heterocycles. The zero-order valence-electron chi connectivity index (χ0n) is 16.5. The zero-order valence-corrected chi connectivity index (χ0v) is 17.2. The average molecular weight is 445 g/mol. The summed E-state index contributed by atoms with van der Waals surface area (Å²) in [5, 5.41) is 5.61. The van der Waals surface area contributed by atoms with Crippen molar-refractivity contribution in [1.82, 2.24) is 9.97 Å². The number of nitrogens with zero attached hydrogens (tertiary/aromatic N) is 2. The third-order valence-electron chi connectivity index (χ3n) is 5.58. The van der Waals surface area contributed by atoms with Gasteiger partial charge in [-0.2, -0.15) is 4.98 Å². The van der Waals surface area contributed by atoms with E-state index in [4.69, 9.17) is 17.3 Å². The molecule has 0 aliphatic carbocycles. The molecular weight excluding hydrogens is 424 g/mol. The number of para-hydroxylation sites is 1. The van der Waals surface area contributed by atoms with Crippen LogP contribution in [0.15, 0.2) is 29.1 Å². The third kappa shape index (κ3) is 4.24. The second kappa shape index (κ2) is 8.38. The number of hydrogen-bond acceptors (Lipinski definition) is 6. The number of nitrogens with one attached hydrogen (secondary N) is 3. The summed E-state index contributed by atoms with van der Waals surface area (Å²) in [5.41, 5.74) is 5.35. The summed E-state index contributed by atoms with van der Waals surface area (Å²) in [4.78, 5) is 58.3. The standard InChI is InChI=1S/C20H21ClN6O4/c21-12-3-1-2-4-13(12)23-18(30)11-9-14(28)24-17-15(11)19(31)26-20(25-17)27-7-5-10(6-8-27)16(22)29/h1-4,10-11H,5-9H2,(H2,22,29)(H,23,30)(H2,24,25,26,28,31)/t11-/m1/s1. The summed E-state index contributed by atoms with van der Waals surface area (Å²) in [6.07, 6.45) is 0.911. The number of benzene rings is 1. The van der Waals surface area contributed by atoms with Crippen LogP contribution < -0.4 is 26.8 Å². The normalized spacial score (nSPS) is 18.8. The highest BCUT2D eigenvalue weighted by Gasteiger charge is 2.35. The van der Waals surface area contributed by atoms with E-state index < -0.39 is 23.3 Å². The predicted molar refractivity (Wildman–Crippen MR) is 115 cm³/mol. The van der Waals surface area contributed by atoms with Crippen molar-refractivity contribution in [2.24, 2.45) is 11.7 Å². The van der Waals surface area contributed by atoms with Crippen molar-refractivity contribution in [2.45, 2.75) is 25.2 Å². The molecule has 0 bridgehead atoms. The Labute approximate surface area is 182 Å². The fraction of sp³-hybridized carbons (Fsp3) is 0.350. The molecule has 2 aromatic rings. The lowest BCUT2D eigenvalue weighted by molar-refractivity contribution is -0.123. The second-order valence-corrected chi connectivity index (χ2v) is 8.00. The first-order valence-electron chi connectivity index (χ1n) is 9.87. The van der Waals surface area contributed by atoms with E-state index in [0.717, 1.165) is 0 Å². The van der Waals surface area contributed by atoms with Gasteiger partial charge >= 0.3 is 0 Å². The Balaban J connectivity index is 1.60. The molecule has 11 heteroatoms. The van der Waals surface area contributed by atoms with E-state index >= 15 is 0 Å². The lowest BCUT2D eigenvalue weighted by atomic mass is 9.92. The molecule has 0 saturated carbocycles. The largest absolute Gasteiger partial charge is 0.369 e. The van der Waals surface area contributed by atoms with Crippen LogP contribution in [0.1, 0.15) is 30.7 Å². The van der Waals surface area contributed by atoms with Crippen LogP contribution in [0.5, 0.6) is 0 Å². The van der Waals surface area contributed by atoms with Gasteiger partial charge in [-0.25, -0.2) is 0 Å². The van der Waals surface area contributed by atoms with Gasteiger partial charge in [0.1, 0.15) is 5.82 Å². The van der Waals surface area contributed by atoms with Crippen molar-refractivity contribution in [3.63, 3.8) is 0 Å². The van der Waals surface area contributed by atoms with E-state index in [1.165, 1.54) is 0 Å². The molecule has 4 rings (SSSR count).